The number of hydrogen-bond acceptors (Lipinski definition) is 6. The molecule has 29 heavy (non-hydrogen) atoms. The predicted molar refractivity (Wildman–Crippen MR) is 109 cm³/mol. The first kappa shape index (κ1) is 19.4. The Labute approximate surface area is 167 Å². The maximum Gasteiger partial charge on any atom is 0.332 e. The number of pyridine rings is 1. The van der Waals surface area contributed by atoms with Gasteiger partial charge in [0.15, 0.2) is 0 Å². The minimum Gasteiger partial charge on any atom is -0.497 e. The summed E-state index contributed by atoms with van der Waals surface area (Å²) in [5.74, 6) is 0.839. The Balaban J connectivity index is 1.58. The number of benzene rings is 1. The standard InChI is InChI=1S/C21H24N4O4/c1-23-19-16(20(26)24(2)21(23)27)8-9-17(22-19)18-13-25(10-11-29-18)12-14-4-6-15(28-3)7-5-14/h4-9,18H,10-13H2,1-3H3/t18-/m0/s1. The van der Waals surface area contributed by atoms with Gasteiger partial charge >= 0.3 is 5.69 Å². The van der Waals surface area contributed by atoms with Crippen LogP contribution in [0, 0.1) is 0 Å². The number of fused-ring (bicyclic) bond motifs is 1. The Kier molecular flexibility index (Phi) is 5.21. The van der Waals surface area contributed by atoms with Gasteiger partial charge in [-0.2, -0.15) is 0 Å². The molecule has 8 heteroatoms. The first-order chi connectivity index (χ1) is 14.0. The van der Waals surface area contributed by atoms with Crippen molar-refractivity contribution in [1.29, 1.82) is 0 Å². The van der Waals surface area contributed by atoms with E-state index < -0.39 is 5.69 Å². The lowest BCUT2D eigenvalue weighted by molar-refractivity contribution is -0.0348. The molecule has 0 radical (unpaired) electrons. The zero-order valence-electron chi connectivity index (χ0n) is 16.8. The van der Waals surface area contributed by atoms with Gasteiger partial charge in [-0.1, -0.05) is 12.1 Å². The van der Waals surface area contributed by atoms with Crippen LogP contribution in [0.4, 0.5) is 0 Å². The predicted octanol–water partition coefficient (Wildman–Crippen LogP) is 1.21. The van der Waals surface area contributed by atoms with Crippen molar-refractivity contribution in [2.75, 3.05) is 26.8 Å². The summed E-state index contributed by atoms with van der Waals surface area (Å²) in [7, 11) is 4.75. The largest absolute Gasteiger partial charge is 0.497 e. The fourth-order valence-corrected chi connectivity index (χ4v) is 3.66. The highest BCUT2D eigenvalue weighted by molar-refractivity contribution is 5.74. The lowest BCUT2D eigenvalue weighted by Crippen LogP contribution is -2.39. The van der Waals surface area contributed by atoms with Crippen molar-refractivity contribution in [3.63, 3.8) is 0 Å². The van der Waals surface area contributed by atoms with Gasteiger partial charge in [0.2, 0.25) is 0 Å². The summed E-state index contributed by atoms with van der Waals surface area (Å²) in [6, 6.07) is 11.6. The van der Waals surface area contributed by atoms with E-state index in [0.717, 1.165) is 29.1 Å². The van der Waals surface area contributed by atoms with Gasteiger partial charge in [0.05, 0.1) is 24.8 Å². The van der Waals surface area contributed by atoms with E-state index in [1.54, 1.807) is 20.2 Å². The number of nitrogens with zero attached hydrogens (tertiary/aromatic N) is 4. The summed E-state index contributed by atoms with van der Waals surface area (Å²) in [6.45, 7) is 2.91. The molecular weight excluding hydrogens is 372 g/mol. The second-order valence-electron chi connectivity index (χ2n) is 7.26. The Morgan fingerprint density at radius 2 is 1.86 bits per heavy atom. The van der Waals surface area contributed by atoms with Crippen molar-refractivity contribution in [3.05, 3.63) is 68.5 Å². The van der Waals surface area contributed by atoms with Crippen LogP contribution in [0.2, 0.25) is 0 Å². The Hall–Kier alpha value is -2.97. The molecule has 0 unspecified atom stereocenters. The molecule has 2 aromatic heterocycles. The molecule has 1 aromatic carbocycles. The van der Waals surface area contributed by atoms with Crippen LogP contribution in [0.1, 0.15) is 17.4 Å². The van der Waals surface area contributed by atoms with E-state index in [0.29, 0.717) is 24.2 Å². The summed E-state index contributed by atoms with van der Waals surface area (Å²) in [4.78, 5) is 31.5. The van der Waals surface area contributed by atoms with Crippen LogP contribution < -0.4 is 16.0 Å². The smallest absolute Gasteiger partial charge is 0.332 e. The van der Waals surface area contributed by atoms with Crippen LogP contribution in [-0.4, -0.2) is 45.8 Å². The zero-order chi connectivity index (χ0) is 20.5. The molecule has 0 saturated carbocycles. The van der Waals surface area contributed by atoms with Crippen LogP contribution in [0.5, 0.6) is 5.75 Å². The topological polar surface area (TPSA) is 78.6 Å². The molecule has 0 amide bonds. The van der Waals surface area contributed by atoms with Gasteiger partial charge in [-0.15, -0.1) is 0 Å². The van der Waals surface area contributed by atoms with E-state index in [1.165, 1.54) is 17.2 Å². The van der Waals surface area contributed by atoms with Gasteiger partial charge in [0.25, 0.3) is 5.56 Å². The van der Waals surface area contributed by atoms with Crippen LogP contribution in [0.3, 0.4) is 0 Å². The summed E-state index contributed by atoms with van der Waals surface area (Å²) < 4.78 is 13.7. The van der Waals surface area contributed by atoms with E-state index >= 15 is 0 Å². The maximum atomic E-state index is 12.4. The minimum absolute atomic E-state index is 0.217. The molecule has 0 aliphatic carbocycles. The van der Waals surface area contributed by atoms with Crippen molar-refractivity contribution in [2.45, 2.75) is 12.6 Å². The monoisotopic (exact) mass is 396 g/mol. The van der Waals surface area contributed by atoms with Gasteiger partial charge in [0.1, 0.15) is 17.5 Å². The fraction of sp³-hybridized carbons (Fsp3) is 0.381. The molecule has 1 fully saturated rings. The molecule has 1 aliphatic heterocycles. The van der Waals surface area contributed by atoms with Crippen LogP contribution in [0.15, 0.2) is 46.0 Å². The molecule has 8 nitrogen and oxygen atoms in total. The molecule has 1 aliphatic rings. The molecule has 3 aromatic rings. The summed E-state index contributed by atoms with van der Waals surface area (Å²) in [5, 5.41) is 0.421. The molecule has 1 saturated heterocycles. The molecule has 0 bridgehead atoms. The number of methoxy groups -OCH3 is 1. The average Bonchev–Trinajstić information content (AvgIpc) is 2.76. The van der Waals surface area contributed by atoms with E-state index in [4.69, 9.17) is 9.47 Å². The lowest BCUT2D eigenvalue weighted by Gasteiger charge is -2.32. The highest BCUT2D eigenvalue weighted by Gasteiger charge is 2.24. The van der Waals surface area contributed by atoms with Crippen LogP contribution in [-0.2, 0) is 25.4 Å². The number of hydrogen-bond donors (Lipinski definition) is 0. The molecule has 0 N–H and O–H groups in total. The number of morpholine rings is 1. The summed E-state index contributed by atoms with van der Waals surface area (Å²) in [6.07, 6.45) is -0.217. The zero-order valence-corrected chi connectivity index (χ0v) is 16.8. The third-order valence-electron chi connectivity index (χ3n) is 5.37. The molecular formula is C21H24N4O4. The first-order valence-corrected chi connectivity index (χ1v) is 9.51. The first-order valence-electron chi connectivity index (χ1n) is 9.51. The Morgan fingerprint density at radius 1 is 1.10 bits per heavy atom. The number of ether oxygens (including phenoxy) is 2. The van der Waals surface area contributed by atoms with Gasteiger partial charge in [-0.25, -0.2) is 9.78 Å². The molecule has 3 heterocycles. The van der Waals surface area contributed by atoms with E-state index in [1.807, 2.05) is 18.2 Å². The highest BCUT2D eigenvalue weighted by Crippen LogP contribution is 2.23. The normalized spacial score (nSPS) is 17.6. The average molecular weight is 396 g/mol. The van der Waals surface area contributed by atoms with Crippen molar-refractivity contribution in [1.82, 2.24) is 19.0 Å². The molecule has 152 valence electrons. The second kappa shape index (κ2) is 7.81. The fourth-order valence-electron chi connectivity index (χ4n) is 3.66. The Morgan fingerprint density at radius 3 is 2.59 bits per heavy atom. The van der Waals surface area contributed by atoms with Gasteiger partial charge < -0.3 is 9.47 Å². The van der Waals surface area contributed by atoms with Crippen molar-refractivity contribution < 1.29 is 9.47 Å². The van der Waals surface area contributed by atoms with E-state index in [9.17, 15) is 9.59 Å². The SMILES string of the molecule is COc1ccc(CN2CCO[C@H](c3ccc4c(=O)n(C)c(=O)n(C)c4n3)C2)cc1. The number of aryl methyl sites for hydroxylation is 1. The van der Waals surface area contributed by atoms with E-state index in [2.05, 4.69) is 22.0 Å². The maximum absolute atomic E-state index is 12.4. The summed E-state index contributed by atoms with van der Waals surface area (Å²) >= 11 is 0. The highest BCUT2D eigenvalue weighted by atomic mass is 16.5. The third-order valence-corrected chi connectivity index (χ3v) is 5.37. The molecule has 4 rings (SSSR count). The van der Waals surface area contributed by atoms with E-state index in [-0.39, 0.29) is 11.7 Å². The summed E-state index contributed by atoms with van der Waals surface area (Å²) in [5.41, 5.74) is 1.57. The molecule has 1 atom stereocenters. The number of rotatable bonds is 4. The minimum atomic E-state index is -0.391. The number of aromatic nitrogens is 3. The quantitative estimate of drug-likeness (QED) is 0.660. The van der Waals surface area contributed by atoms with Crippen molar-refractivity contribution in [3.8, 4) is 5.75 Å². The van der Waals surface area contributed by atoms with Crippen molar-refractivity contribution >= 4 is 11.0 Å². The third kappa shape index (κ3) is 3.68. The second-order valence-corrected chi connectivity index (χ2v) is 7.26. The molecule has 0 spiro atoms. The van der Waals surface area contributed by atoms with Crippen LogP contribution in [0.25, 0.3) is 11.0 Å². The van der Waals surface area contributed by atoms with Crippen molar-refractivity contribution in [2.24, 2.45) is 14.1 Å². The lowest BCUT2D eigenvalue weighted by atomic mass is 10.1. The van der Waals surface area contributed by atoms with Gasteiger partial charge in [-0.05, 0) is 29.8 Å². The van der Waals surface area contributed by atoms with Gasteiger partial charge in [-0.3, -0.25) is 18.8 Å². The Bertz CT molecular complexity index is 1150. The van der Waals surface area contributed by atoms with Crippen LogP contribution >= 0.6 is 0 Å². The van der Waals surface area contributed by atoms with Gasteiger partial charge in [0, 0.05) is 33.7 Å².